The van der Waals surface area contributed by atoms with E-state index in [-0.39, 0.29) is 0 Å². The van der Waals surface area contributed by atoms with Gasteiger partial charge in [-0.25, -0.2) is 0 Å². The van der Waals surface area contributed by atoms with Gasteiger partial charge in [-0.3, -0.25) is 0 Å². The zero-order valence-corrected chi connectivity index (χ0v) is 16.3. The molecule has 2 fully saturated rings. The number of methoxy groups -OCH3 is 1. The second-order valence-electron chi connectivity index (χ2n) is 7.27. The molecule has 0 aliphatic heterocycles. The van der Waals surface area contributed by atoms with Crippen molar-refractivity contribution in [1.82, 2.24) is 0 Å². The van der Waals surface area contributed by atoms with Crippen LogP contribution >= 0.6 is 31.9 Å². The van der Waals surface area contributed by atoms with Crippen molar-refractivity contribution in [1.29, 1.82) is 0 Å². The normalized spacial score (nSPS) is 33.2. The van der Waals surface area contributed by atoms with E-state index in [1.807, 2.05) is 0 Å². The van der Waals surface area contributed by atoms with Crippen LogP contribution in [0.1, 0.15) is 40.0 Å². The Morgan fingerprint density at radius 1 is 1.19 bits per heavy atom. The molecule has 2 nitrogen and oxygen atoms in total. The summed E-state index contributed by atoms with van der Waals surface area (Å²) in [5.74, 6) is 1.71. The summed E-state index contributed by atoms with van der Waals surface area (Å²) in [5, 5.41) is 3.79. The summed E-state index contributed by atoms with van der Waals surface area (Å²) in [6, 6.07) is 4.67. The van der Waals surface area contributed by atoms with Crippen molar-refractivity contribution < 1.29 is 4.74 Å². The zero-order valence-electron chi connectivity index (χ0n) is 13.1. The minimum absolute atomic E-state index is 0.372. The van der Waals surface area contributed by atoms with Crippen LogP contribution in [0.15, 0.2) is 21.1 Å². The van der Waals surface area contributed by atoms with E-state index in [0.29, 0.717) is 16.9 Å². The van der Waals surface area contributed by atoms with Gasteiger partial charge in [0, 0.05) is 16.6 Å². The monoisotopic (exact) mass is 415 g/mol. The Kier molecular flexibility index (Phi) is 3.85. The second kappa shape index (κ2) is 5.16. The first-order chi connectivity index (χ1) is 9.79. The largest absolute Gasteiger partial charge is 0.495 e. The number of hydrogen-bond donors (Lipinski definition) is 1. The third-order valence-electron chi connectivity index (χ3n) is 6.37. The highest BCUT2D eigenvalue weighted by Gasteiger charge is 2.61. The van der Waals surface area contributed by atoms with E-state index >= 15 is 0 Å². The number of ether oxygens (including phenoxy) is 1. The number of benzene rings is 1. The molecule has 0 amide bonds. The van der Waals surface area contributed by atoms with Gasteiger partial charge in [0.2, 0.25) is 0 Å². The fourth-order valence-electron chi connectivity index (χ4n) is 4.41. The predicted molar refractivity (Wildman–Crippen MR) is 95.0 cm³/mol. The van der Waals surface area contributed by atoms with E-state index < -0.39 is 0 Å². The molecule has 2 bridgehead atoms. The quantitative estimate of drug-likeness (QED) is 0.667. The molecule has 21 heavy (non-hydrogen) atoms. The first kappa shape index (κ1) is 15.7. The Bertz CT molecular complexity index is 572. The molecule has 0 spiro atoms. The molecule has 0 aromatic heterocycles. The molecule has 3 unspecified atom stereocenters. The SMILES string of the molecule is COc1cc(NC2CC3CCC2(C)C3(C)C)c(Br)cc1Br. The summed E-state index contributed by atoms with van der Waals surface area (Å²) in [6.07, 6.45) is 3.98. The average molecular weight is 417 g/mol. The fraction of sp³-hybridized carbons (Fsp3) is 0.647. The molecule has 0 heterocycles. The molecular weight excluding hydrogens is 394 g/mol. The van der Waals surface area contributed by atoms with E-state index in [0.717, 1.165) is 26.3 Å². The Labute approximate surface area is 144 Å². The number of rotatable bonds is 3. The van der Waals surface area contributed by atoms with Gasteiger partial charge in [0.05, 0.1) is 17.3 Å². The summed E-state index contributed by atoms with van der Waals surface area (Å²) in [7, 11) is 1.71. The van der Waals surface area contributed by atoms with Gasteiger partial charge in [0.15, 0.2) is 0 Å². The molecule has 3 atom stereocenters. The summed E-state index contributed by atoms with van der Waals surface area (Å²) >= 11 is 7.20. The van der Waals surface area contributed by atoms with Crippen molar-refractivity contribution in [3.63, 3.8) is 0 Å². The molecule has 1 aromatic rings. The van der Waals surface area contributed by atoms with Crippen LogP contribution in [0.5, 0.6) is 5.75 Å². The predicted octanol–water partition coefficient (Wildman–Crippen LogP) is 5.85. The third kappa shape index (κ3) is 2.24. The lowest BCUT2D eigenvalue weighted by molar-refractivity contribution is 0.142. The van der Waals surface area contributed by atoms with Crippen molar-refractivity contribution in [2.45, 2.75) is 46.1 Å². The Hall–Kier alpha value is -0.220. The number of fused-ring (bicyclic) bond motifs is 2. The second-order valence-corrected chi connectivity index (χ2v) is 8.98. The highest BCUT2D eigenvalue weighted by molar-refractivity contribution is 9.11. The maximum atomic E-state index is 5.43. The van der Waals surface area contributed by atoms with Crippen LogP contribution in [0, 0.1) is 16.7 Å². The average Bonchev–Trinajstić information content (AvgIpc) is 2.75. The van der Waals surface area contributed by atoms with Crippen LogP contribution in [-0.2, 0) is 0 Å². The van der Waals surface area contributed by atoms with Gasteiger partial charge < -0.3 is 10.1 Å². The summed E-state index contributed by atoms with van der Waals surface area (Å²) in [5.41, 5.74) is 1.93. The van der Waals surface area contributed by atoms with Gasteiger partial charge in [-0.1, -0.05) is 20.8 Å². The molecule has 116 valence electrons. The van der Waals surface area contributed by atoms with Gasteiger partial charge in [-0.2, -0.15) is 0 Å². The summed E-state index contributed by atoms with van der Waals surface area (Å²) in [6.45, 7) is 7.36. The standard InChI is InChI=1S/C17H23Br2NO/c1-16(2)10-5-6-17(16,3)15(7-10)20-13-9-14(21-4)12(19)8-11(13)18/h8-10,15,20H,5-7H2,1-4H3. The molecular formula is C17H23Br2NO. The number of nitrogens with one attached hydrogen (secondary N) is 1. The van der Waals surface area contributed by atoms with Crippen molar-refractivity contribution in [3.05, 3.63) is 21.1 Å². The van der Waals surface area contributed by atoms with Gasteiger partial charge in [0.25, 0.3) is 0 Å². The highest BCUT2D eigenvalue weighted by atomic mass is 79.9. The lowest BCUT2D eigenvalue weighted by atomic mass is 9.69. The molecule has 2 aliphatic carbocycles. The van der Waals surface area contributed by atoms with Crippen molar-refractivity contribution in [2.24, 2.45) is 16.7 Å². The number of halogens is 2. The maximum absolute atomic E-state index is 5.43. The highest BCUT2D eigenvalue weighted by Crippen LogP contribution is 2.66. The lowest BCUT2D eigenvalue weighted by Gasteiger charge is -2.40. The minimum atomic E-state index is 0.372. The van der Waals surface area contributed by atoms with Gasteiger partial charge in [-0.15, -0.1) is 0 Å². The third-order valence-corrected chi connectivity index (χ3v) is 7.64. The van der Waals surface area contributed by atoms with Gasteiger partial charge in [-0.05, 0) is 73.9 Å². The molecule has 0 saturated heterocycles. The van der Waals surface area contributed by atoms with Gasteiger partial charge in [0.1, 0.15) is 5.75 Å². The van der Waals surface area contributed by atoms with Crippen LogP contribution in [0.3, 0.4) is 0 Å². The van der Waals surface area contributed by atoms with Crippen LogP contribution < -0.4 is 10.1 Å². The Morgan fingerprint density at radius 2 is 1.90 bits per heavy atom. The van der Waals surface area contributed by atoms with Crippen molar-refractivity contribution in [3.8, 4) is 5.75 Å². The van der Waals surface area contributed by atoms with Crippen molar-refractivity contribution in [2.75, 3.05) is 12.4 Å². The number of anilines is 1. The van der Waals surface area contributed by atoms with Gasteiger partial charge >= 0.3 is 0 Å². The molecule has 1 aromatic carbocycles. The van der Waals surface area contributed by atoms with Crippen LogP contribution in [-0.4, -0.2) is 13.2 Å². The molecule has 4 heteroatoms. The number of hydrogen-bond acceptors (Lipinski definition) is 2. The van der Waals surface area contributed by atoms with Crippen LogP contribution in [0.25, 0.3) is 0 Å². The molecule has 1 N–H and O–H groups in total. The van der Waals surface area contributed by atoms with Crippen LogP contribution in [0.2, 0.25) is 0 Å². The van der Waals surface area contributed by atoms with E-state index in [1.54, 1.807) is 7.11 Å². The lowest BCUT2D eigenvalue weighted by Crippen LogP contribution is -2.40. The fourth-order valence-corrected chi connectivity index (χ4v) is 5.68. The van der Waals surface area contributed by atoms with E-state index in [2.05, 4.69) is 70.1 Å². The molecule has 2 saturated carbocycles. The first-order valence-corrected chi connectivity index (χ1v) is 9.18. The van der Waals surface area contributed by atoms with E-state index in [4.69, 9.17) is 4.74 Å². The zero-order chi connectivity index (χ0) is 15.4. The van der Waals surface area contributed by atoms with E-state index in [1.165, 1.54) is 19.3 Å². The molecule has 3 rings (SSSR count). The van der Waals surface area contributed by atoms with E-state index in [9.17, 15) is 0 Å². The minimum Gasteiger partial charge on any atom is -0.495 e. The molecule has 0 radical (unpaired) electrons. The molecule has 2 aliphatic rings. The Morgan fingerprint density at radius 3 is 2.43 bits per heavy atom. The smallest absolute Gasteiger partial charge is 0.135 e. The summed E-state index contributed by atoms with van der Waals surface area (Å²) < 4.78 is 7.48. The topological polar surface area (TPSA) is 21.3 Å². The Balaban J connectivity index is 1.89. The maximum Gasteiger partial charge on any atom is 0.135 e. The first-order valence-electron chi connectivity index (χ1n) is 7.59. The van der Waals surface area contributed by atoms with Crippen molar-refractivity contribution >= 4 is 37.5 Å². The van der Waals surface area contributed by atoms with Crippen LogP contribution in [0.4, 0.5) is 5.69 Å². The summed E-state index contributed by atoms with van der Waals surface area (Å²) in [4.78, 5) is 0.